The molecule has 5 heteroatoms. The van der Waals surface area contributed by atoms with E-state index in [-0.39, 0.29) is 12.2 Å². The van der Waals surface area contributed by atoms with E-state index in [9.17, 15) is 9.59 Å². The average Bonchev–Trinajstić information content (AvgIpc) is 2.10. The maximum absolute atomic E-state index is 11.4. The minimum absolute atomic E-state index is 0.208. The first-order valence-corrected chi connectivity index (χ1v) is 4.94. The average molecular weight is 229 g/mol. The molecule has 0 fully saturated rings. The van der Waals surface area contributed by atoms with Crippen LogP contribution in [0.15, 0.2) is 12.2 Å². The molecule has 0 heterocycles. The molecular weight excluding hydrogens is 210 g/mol. The molecule has 0 aliphatic carbocycles. The zero-order valence-electron chi connectivity index (χ0n) is 10.2. The van der Waals surface area contributed by atoms with Crippen molar-refractivity contribution in [2.75, 3.05) is 6.61 Å². The monoisotopic (exact) mass is 229 g/mol. The molecule has 1 atom stereocenters. The first-order valence-electron chi connectivity index (χ1n) is 4.94. The van der Waals surface area contributed by atoms with Crippen LogP contribution in [0.3, 0.4) is 0 Å². The highest BCUT2D eigenvalue weighted by molar-refractivity contribution is 5.87. The molecule has 2 N–H and O–H groups in total. The lowest BCUT2D eigenvalue weighted by molar-refractivity contribution is -0.159. The lowest BCUT2D eigenvalue weighted by Gasteiger charge is -2.21. The quantitative estimate of drug-likeness (QED) is 0.569. The van der Waals surface area contributed by atoms with Gasteiger partial charge in [-0.15, -0.1) is 0 Å². The van der Waals surface area contributed by atoms with Crippen LogP contribution in [0, 0.1) is 0 Å². The number of hydrogen-bond acceptors (Lipinski definition) is 5. The lowest BCUT2D eigenvalue weighted by atomic mass is 10.2. The van der Waals surface area contributed by atoms with E-state index >= 15 is 0 Å². The summed E-state index contributed by atoms with van der Waals surface area (Å²) in [4.78, 5) is 22.4. The van der Waals surface area contributed by atoms with E-state index in [1.807, 2.05) is 0 Å². The molecular formula is C11H19NO4. The van der Waals surface area contributed by atoms with Gasteiger partial charge < -0.3 is 15.2 Å². The summed E-state index contributed by atoms with van der Waals surface area (Å²) in [6.45, 7) is 9.91. The Kier molecular flexibility index (Phi) is 5.17. The third-order valence-corrected chi connectivity index (χ3v) is 1.45. The highest BCUT2D eigenvalue weighted by Crippen LogP contribution is 2.08. The van der Waals surface area contributed by atoms with Crippen LogP contribution < -0.4 is 5.73 Å². The number of carbonyl (C=O) groups excluding carboxylic acids is 2. The largest absolute Gasteiger partial charge is 0.460 e. The Balaban J connectivity index is 4.07. The first kappa shape index (κ1) is 14.6. The van der Waals surface area contributed by atoms with E-state index in [2.05, 4.69) is 6.58 Å². The van der Waals surface area contributed by atoms with Crippen molar-refractivity contribution in [1.29, 1.82) is 0 Å². The molecule has 92 valence electrons. The number of esters is 2. The maximum Gasteiger partial charge on any atom is 0.333 e. The second kappa shape index (κ2) is 5.65. The van der Waals surface area contributed by atoms with Crippen LogP contribution in [0.5, 0.6) is 0 Å². The molecule has 0 radical (unpaired) electrons. The number of carbonyl (C=O) groups is 2. The number of rotatable bonds is 4. The molecule has 0 saturated heterocycles. The molecule has 0 aromatic carbocycles. The summed E-state index contributed by atoms with van der Waals surface area (Å²) in [5.41, 5.74) is 5.15. The van der Waals surface area contributed by atoms with Gasteiger partial charge in [-0.1, -0.05) is 6.58 Å². The van der Waals surface area contributed by atoms with E-state index in [1.165, 1.54) is 6.92 Å². The third kappa shape index (κ3) is 6.19. The van der Waals surface area contributed by atoms with E-state index in [0.717, 1.165) is 0 Å². The fourth-order valence-electron chi connectivity index (χ4n) is 0.734. The molecule has 0 aliphatic heterocycles. The summed E-state index contributed by atoms with van der Waals surface area (Å²) >= 11 is 0. The number of hydrogen-bond donors (Lipinski definition) is 1. The van der Waals surface area contributed by atoms with Crippen LogP contribution in [0.2, 0.25) is 0 Å². The van der Waals surface area contributed by atoms with Crippen LogP contribution in [0.1, 0.15) is 27.7 Å². The SMILES string of the molecule is C=C(C)C(=O)OCC(N)C(=O)OC(C)(C)C. The Morgan fingerprint density at radius 3 is 2.25 bits per heavy atom. The smallest absolute Gasteiger partial charge is 0.333 e. The van der Waals surface area contributed by atoms with E-state index < -0.39 is 23.6 Å². The van der Waals surface area contributed by atoms with Gasteiger partial charge in [-0.25, -0.2) is 4.79 Å². The fourth-order valence-corrected chi connectivity index (χ4v) is 0.734. The highest BCUT2D eigenvalue weighted by atomic mass is 16.6. The summed E-state index contributed by atoms with van der Waals surface area (Å²) in [6.07, 6.45) is 0. The van der Waals surface area contributed by atoms with Gasteiger partial charge in [0.15, 0.2) is 0 Å². The van der Waals surface area contributed by atoms with Gasteiger partial charge in [0.25, 0.3) is 0 Å². The standard InChI is InChI=1S/C11H19NO4/c1-7(2)9(13)15-6-8(12)10(14)16-11(3,4)5/h8H,1,6,12H2,2-5H3. The van der Waals surface area contributed by atoms with Crippen molar-refractivity contribution >= 4 is 11.9 Å². The fraction of sp³-hybridized carbons (Fsp3) is 0.636. The van der Waals surface area contributed by atoms with Crippen molar-refractivity contribution < 1.29 is 19.1 Å². The van der Waals surface area contributed by atoms with Crippen LogP contribution in [0.25, 0.3) is 0 Å². The topological polar surface area (TPSA) is 78.6 Å². The molecule has 0 spiro atoms. The molecule has 0 amide bonds. The van der Waals surface area contributed by atoms with Gasteiger partial charge in [0, 0.05) is 5.57 Å². The number of nitrogens with two attached hydrogens (primary N) is 1. The first-order chi connectivity index (χ1) is 7.13. The molecule has 16 heavy (non-hydrogen) atoms. The molecule has 0 bridgehead atoms. The number of ether oxygens (including phenoxy) is 2. The van der Waals surface area contributed by atoms with Gasteiger partial charge in [-0.05, 0) is 27.7 Å². The molecule has 5 nitrogen and oxygen atoms in total. The van der Waals surface area contributed by atoms with Gasteiger partial charge in [-0.2, -0.15) is 0 Å². The van der Waals surface area contributed by atoms with Gasteiger partial charge in [0.2, 0.25) is 0 Å². The second-order valence-corrected chi connectivity index (χ2v) is 4.52. The molecule has 0 rings (SSSR count). The van der Waals surface area contributed by atoms with Gasteiger partial charge >= 0.3 is 11.9 Å². The normalized spacial score (nSPS) is 12.8. The summed E-state index contributed by atoms with van der Waals surface area (Å²) in [6, 6.07) is -0.970. The van der Waals surface area contributed by atoms with Crippen LogP contribution >= 0.6 is 0 Å². The third-order valence-electron chi connectivity index (χ3n) is 1.45. The summed E-state index contributed by atoms with van der Waals surface area (Å²) in [5, 5.41) is 0. The Hall–Kier alpha value is -1.36. The van der Waals surface area contributed by atoms with Crippen LogP contribution in [0.4, 0.5) is 0 Å². The molecule has 0 aromatic rings. The summed E-state index contributed by atoms with van der Waals surface area (Å²) in [5.74, 6) is -1.17. The Morgan fingerprint density at radius 2 is 1.88 bits per heavy atom. The van der Waals surface area contributed by atoms with Crippen molar-refractivity contribution in [3.05, 3.63) is 12.2 Å². The maximum atomic E-state index is 11.4. The molecule has 0 aromatic heterocycles. The zero-order chi connectivity index (χ0) is 12.9. The summed E-state index contributed by atoms with van der Waals surface area (Å²) < 4.78 is 9.75. The molecule has 0 saturated carbocycles. The van der Waals surface area contributed by atoms with Crippen molar-refractivity contribution in [1.82, 2.24) is 0 Å². The van der Waals surface area contributed by atoms with Crippen molar-refractivity contribution in [2.45, 2.75) is 39.3 Å². The zero-order valence-corrected chi connectivity index (χ0v) is 10.2. The highest BCUT2D eigenvalue weighted by Gasteiger charge is 2.23. The van der Waals surface area contributed by atoms with Crippen LogP contribution in [-0.2, 0) is 19.1 Å². The predicted molar refractivity (Wildman–Crippen MR) is 59.6 cm³/mol. The Labute approximate surface area is 95.6 Å². The second-order valence-electron chi connectivity index (χ2n) is 4.52. The minimum atomic E-state index is -0.970. The van der Waals surface area contributed by atoms with Gasteiger partial charge in [-0.3, -0.25) is 4.79 Å². The molecule has 1 unspecified atom stereocenters. The van der Waals surface area contributed by atoms with Crippen LogP contribution in [-0.4, -0.2) is 30.2 Å². The minimum Gasteiger partial charge on any atom is -0.460 e. The van der Waals surface area contributed by atoms with E-state index in [4.69, 9.17) is 15.2 Å². The molecule has 0 aliphatic rings. The van der Waals surface area contributed by atoms with E-state index in [1.54, 1.807) is 20.8 Å². The van der Waals surface area contributed by atoms with Gasteiger partial charge in [0.1, 0.15) is 18.2 Å². The summed E-state index contributed by atoms with van der Waals surface area (Å²) in [7, 11) is 0. The van der Waals surface area contributed by atoms with Crippen molar-refractivity contribution in [3.8, 4) is 0 Å². The van der Waals surface area contributed by atoms with E-state index in [0.29, 0.717) is 0 Å². The lowest BCUT2D eigenvalue weighted by Crippen LogP contribution is -2.41. The Bertz CT molecular complexity index is 291. The Morgan fingerprint density at radius 1 is 1.38 bits per heavy atom. The van der Waals surface area contributed by atoms with Gasteiger partial charge in [0.05, 0.1) is 0 Å². The van der Waals surface area contributed by atoms with Crippen molar-refractivity contribution in [2.24, 2.45) is 5.73 Å². The van der Waals surface area contributed by atoms with Crippen molar-refractivity contribution in [3.63, 3.8) is 0 Å². The predicted octanol–water partition coefficient (Wildman–Crippen LogP) is 0.775.